The summed E-state index contributed by atoms with van der Waals surface area (Å²) in [5, 5.41) is 0. The topological polar surface area (TPSA) is 141 Å². The van der Waals surface area contributed by atoms with E-state index < -0.39 is 21.1 Å². The van der Waals surface area contributed by atoms with Gasteiger partial charge in [-0.1, -0.05) is 6.92 Å². The number of rotatable bonds is 2. The lowest BCUT2D eigenvalue weighted by Gasteiger charge is -2.03. The minimum Gasteiger partial charge on any atom is -0.331 e. The lowest BCUT2D eigenvalue weighted by Crippen LogP contribution is -1.88. The van der Waals surface area contributed by atoms with E-state index in [1.54, 1.807) is 0 Å². The third-order valence-electron chi connectivity index (χ3n) is 0.368. The first-order chi connectivity index (χ1) is 5.12. The molecule has 0 amide bonds. The molecule has 0 aliphatic heterocycles. The third-order valence-corrected chi connectivity index (χ3v) is 3.32. The molecule has 76 valence electrons. The van der Waals surface area contributed by atoms with Crippen LogP contribution in [0.3, 0.4) is 0 Å². The second kappa shape index (κ2) is 5.83. The average molecular weight is 221 g/mol. The summed E-state index contributed by atoms with van der Waals surface area (Å²) in [6, 6.07) is 0. The van der Waals surface area contributed by atoms with Crippen molar-refractivity contribution in [2.45, 2.75) is 6.92 Å². The van der Waals surface area contributed by atoms with E-state index >= 15 is 0 Å². The van der Waals surface area contributed by atoms with Crippen LogP contribution in [0.4, 0.5) is 0 Å². The van der Waals surface area contributed by atoms with Crippen LogP contribution in [-0.4, -0.2) is 32.0 Å². The van der Waals surface area contributed by atoms with Gasteiger partial charge in [0.15, 0.2) is 5.90 Å². The molecule has 0 rings (SSSR count). The molecule has 0 aromatic rings. The van der Waals surface area contributed by atoms with E-state index in [0.717, 1.165) is 6.54 Å². The van der Waals surface area contributed by atoms with Gasteiger partial charge in [0.2, 0.25) is 0 Å². The summed E-state index contributed by atoms with van der Waals surface area (Å²) in [7, 11) is -9.10. The third kappa shape index (κ3) is 22.5. The fourth-order valence-electron chi connectivity index (χ4n) is 0.240. The maximum atomic E-state index is 9.85. The minimum absolute atomic E-state index is 0.750. The van der Waals surface area contributed by atoms with Crippen molar-refractivity contribution in [3.63, 3.8) is 0 Å². The number of hydrogen-bond donors (Lipinski definition) is 5. The standard InChI is InChI=1S/C2H7N.CH6O6P2/c1-2-3;2-8(3,4)1-9(5,6)7/h2-3H2,1H3;1H2,(H2,2,3,4)(H2,5,6,7). The molecule has 12 heavy (non-hydrogen) atoms. The lowest BCUT2D eigenvalue weighted by atomic mass is 10.8. The summed E-state index contributed by atoms with van der Waals surface area (Å²) in [4.78, 5) is 31.9. The Balaban J connectivity index is 0. The molecule has 0 saturated carbocycles. The Kier molecular flexibility index (Phi) is 7.17. The van der Waals surface area contributed by atoms with E-state index in [2.05, 4.69) is 0 Å². The molecule has 7 nitrogen and oxygen atoms in total. The molecule has 0 aromatic carbocycles. The van der Waals surface area contributed by atoms with Crippen LogP contribution < -0.4 is 5.73 Å². The minimum atomic E-state index is -4.55. The predicted molar refractivity (Wildman–Crippen MR) is 43.7 cm³/mol. The highest BCUT2D eigenvalue weighted by molar-refractivity contribution is 7.69. The summed E-state index contributed by atoms with van der Waals surface area (Å²) in [5.41, 5.74) is 4.85. The molecule has 0 aliphatic carbocycles. The monoisotopic (exact) mass is 221 g/mol. The first-order valence-corrected chi connectivity index (χ1v) is 6.51. The summed E-state index contributed by atoms with van der Waals surface area (Å²) < 4.78 is 19.7. The van der Waals surface area contributed by atoms with Gasteiger partial charge < -0.3 is 25.3 Å². The van der Waals surface area contributed by atoms with E-state index in [1.165, 1.54) is 0 Å². The first-order valence-electron chi connectivity index (χ1n) is 2.91. The second-order valence-electron chi connectivity index (χ2n) is 1.88. The predicted octanol–water partition coefficient (Wildman–Crippen LogP) is -0.736. The van der Waals surface area contributed by atoms with E-state index in [0.29, 0.717) is 0 Å². The Morgan fingerprint density at radius 2 is 1.25 bits per heavy atom. The van der Waals surface area contributed by atoms with Crippen molar-refractivity contribution in [3.8, 4) is 0 Å². The molecule has 0 heterocycles. The molecule has 0 aromatic heterocycles. The summed E-state index contributed by atoms with van der Waals surface area (Å²) >= 11 is 0. The van der Waals surface area contributed by atoms with Crippen LogP contribution in [0.5, 0.6) is 0 Å². The zero-order valence-electron chi connectivity index (χ0n) is 6.49. The molecule has 0 saturated heterocycles. The van der Waals surface area contributed by atoms with Crippen LogP contribution in [0.1, 0.15) is 6.92 Å². The lowest BCUT2D eigenvalue weighted by molar-refractivity contribution is 0.357. The van der Waals surface area contributed by atoms with E-state index in [4.69, 9.17) is 25.3 Å². The molecular weight excluding hydrogens is 208 g/mol. The Labute approximate surface area is 69.9 Å². The highest BCUT2D eigenvalue weighted by Gasteiger charge is 2.26. The van der Waals surface area contributed by atoms with Crippen molar-refractivity contribution in [2.75, 3.05) is 12.4 Å². The Morgan fingerprint density at radius 3 is 1.25 bits per heavy atom. The molecule has 0 radical (unpaired) electrons. The Bertz CT molecular complexity index is 173. The first kappa shape index (κ1) is 14.8. The molecule has 0 atom stereocenters. The average Bonchev–Trinajstić information content (AvgIpc) is 1.53. The molecule has 0 spiro atoms. The molecule has 0 aliphatic rings. The van der Waals surface area contributed by atoms with Gasteiger partial charge >= 0.3 is 15.2 Å². The quantitative estimate of drug-likeness (QED) is 0.387. The zero-order valence-corrected chi connectivity index (χ0v) is 8.28. The second-order valence-corrected chi connectivity index (χ2v) is 5.67. The van der Waals surface area contributed by atoms with E-state index in [1.807, 2.05) is 6.92 Å². The van der Waals surface area contributed by atoms with Gasteiger partial charge in [0.25, 0.3) is 0 Å². The van der Waals surface area contributed by atoms with E-state index in [9.17, 15) is 9.13 Å². The fraction of sp³-hybridized carbons (Fsp3) is 1.00. The molecule has 0 bridgehead atoms. The van der Waals surface area contributed by atoms with Crippen LogP contribution >= 0.6 is 15.2 Å². The largest absolute Gasteiger partial charge is 0.337 e. The van der Waals surface area contributed by atoms with Gasteiger partial charge in [-0.25, -0.2) is 0 Å². The van der Waals surface area contributed by atoms with Crippen molar-refractivity contribution in [3.05, 3.63) is 0 Å². The van der Waals surface area contributed by atoms with Crippen molar-refractivity contribution >= 4 is 15.2 Å². The molecule has 9 heteroatoms. The summed E-state index contributed by atoms with van der Waals surface area (Å²) in [5.74, 6) is -1.38. The van der Waals surface area contributed by atoms with Crippen molar-refractivity contribution < 1.29 is 28.7 Å². The number of hydrogen-bond acceptors (Lipinski definition) is 3. The zero-order chi connectivity index (χ0) is 10.4. The fourth-order valence-corrected chi connectivity index (χ4v) is 2.16. The van der Waals surface area contributed by atoms with Crippen LogP contribution in [0.2, 0.25) is 0 Å². The van der Waals surface area contributed by atoms with Crippen molar-refractivity contribution in [2.24, 2.45) is 5.73 Å². The SMILES string of the molecule is CCN.O=P(O)(O)CP(=O)(O)O. The van der Waals surface area contributed by atoms with Gasteiger partial charge in [0.05, 0.1) is 0 Å². The molecule has 0 fully saturated rings. The Morgan fingerprint density at radius 1 is 1.08 bits per heavy atom. The highest BCUT2D eigenvalue weighted by Crippen LogP contribution is 2.51. The summed E-state index contributed by atoms with van der Waals surface area (Å²) in [6.45, 7) is 2.65. The van der Waals surface area contributed by atoms with Crippen LogP contribution in [0.15, 0.2) is 0 Å². The maximum absolute atomic E-state index is 9.85. The highest BCUT2D eigenvalue weighted by atomic mass is 31.2. The van der Waals surface area contributed by atoms with Gasteiger partial charge in [-0.15, -0.1) is 0 Å². The van der Waals surface area contributed by atoms with Crippen molar-refractivity contribution in [1.29, 1.82) is 0 Å². The smallest absolute Gasteiger partial charge is 0.331 e. The maximum Gasteiger partial charge on any atom is 0.337 e. The van der Waals surface area contributed by atoms with Gasteiger partial charge in [-0.3, -0.25) is 9.13 Å². The molecule has 0 unspecified atom stereocenters. The van der Waals surface area contributed by atoms with Crippen LogP contribution in [0.25, 0.3) is 0 Å². The van der Waals surface area contributed by atoms with Crippen LogP contribution in [-0.2, 0) is 9.13 Å². The Hall–Kier alpha value is 0.260. The molecule has 6 N–H and O–H groups in total. The van der Waals surface area contributed by atoms with Crippen LogP contribution in [0, 0.1) is 0 Å². The van der Waals surface area contributed by atoms with E-state index in [-0.39, 0.29) is 0 Å². The van der Waals surface area contributed by atoms with Gasteiger partial charge in [0, 0.05) is 0 Å². The number of nitrogens with two attached hydrogens (primary N) is 1. The van der Waals surface area contributed by atoms with Crippen molar-refractivity contribution in [1.82, 2.24) is 0 Å². The summed E-state index contributed by atoms with van der Waals surface area (Å²) in [6.07, 6.45) is 0. The van der Waals surface area contributed by atoms with Gasteiger partial charge in [0.1, 0.15) is 0 Å². The van der Waals surface area contributed by atoms with Gasteiger partial charge in [-0.2, -0.15) is 0 Å². The normalized spacial score (nSPS) is 11.8. The molecular formula is C3H13NO6P2. The van der Waals surface area contributed by atoms with Gasteiger partial charge in [-0.05, 0) is 6.54 Å².